The largest absolute Gasteiger partial charge is 0.351 e. The maximum absolute atomic E-state index is 12.4. The molecule has 0 atom stereocenters. The number of hydrogen-bond donors (Lipinski definition) is 3. The van der Waals surface area contributed by atoms with E-state index in [-0.39, 0.29) is 11.8 Å². The molecule has 0 fully saturated rings. The van der Waals surface area contributed by atoms with Crippen molar-refractivity contribution in [2.24, 2.45) is 5.73 Å². The summed E-state index contributed by atoms with van der Waals surface area (Å²) in [5.41, 5.74) is 8.76. The summed E-state index contributed by atoms with van der Waals surface area (Å²) in [4.78, 5) is 36.5. The summed E-state index contributed by atoms with van der Waals surface area (Å²) in [5.74, 6) is -0.582. The summed E-state index contributed by atoms with van der Waals surface area (Å²) >= 11 is 0. The van der Waals surface area contributed by atoms with Crippen molar-refractivity contribution in [1.82, 2.24) is 0 Å². The van der Waals surface area contributed by atoms with Crippen molar-refractivity contribution in [2.75, 3.05) is 22.1 Å². The fourth-order valence-corrected chi connectivity index (χ4v) is 2.81. The highest BCUT2D eigenvalue weighted by Gasteiger charge is 2.23. The van der Waals surface area contributed by atoms with Crippen molar-refractivity contribution in [3.63, 3.8) is 0 Å². The Hall–Kier alpha value is -3.61. The highest BCUT2D eigenvalue weighted by atomic mass is 16.2. The molecule has 0 saturated heterocycles. The van der Waals surface area contributed by atoms with Crippen LogP contribution in [0.1, 0.15) is 15.9 Å². The molecule has 4 N–H and O–H groups in total. The minimum absolute atomic E-state index is 0.267. The van der Waals surface area contributed by atoms with E-state index in [0.29, 0.717) is 29.9 Å². The molecule has 0 aliphatic carbocycles. The van der Waals surface area contributed by atoms with Gasteiger partial charge < -0.3 is 16.4 Å². The topological polar surface area (TPSA) is 105 Å². The third-order valence-corrected chi connectivity index (χ3v) is 4.10. The van der Waals surface area contributed by atoms with Crippen molar-refractivity contribution in [2.45, 2.75) is 6.42 Å². The van der Waals surface area contributed by atoms with E-state index in [2.05, 4.69) is 17.2 Å². The summed E-state index contributed by atoms with van der Waals surface area (Å²) in [6, 6.07) is 11.4. The van der Waals surface area contributed by atoms with Crippen LogP contribution in [-0.4, -0.2) is 24.4 Å². The van der Waals surface area contributed by atoms with E-state index in [0.717, 1.165) is 11.3 Å². The summed E-state index contributed by atoms with van der Waals surface area (Å²) in [5, 5.41) is 5.44. The van der Waals surface area contributed by atoms with Crippen molar-refractivity contribution in [3.05, 3.63) is 66.2 Å². The second-order valence-electron chi connectivity index (χ2n) is 5.81. The average molecular weight is 350 g/mol. The number of urea groups is 1. The first-order valence-corrected chi connectivity index (χ1v) is 8.02. The lowest BCUT2D eigenvalue weighted by Crippen LogP contribution is -2.33. The Labute approximate surface area is 150 Å². The zero-order chi connectivity index (χ0) is 18.7. The Kier molecular flexibility index (Phi) is 4.70. The van der Waals surface area contributed by atoms with Crippen LogP contribution >= 0.6 is 0 Å². The first-order valence-electron chi connectivity index (χ1n) is 8.02. The van der Waals surface area contributed by atoms with Gasteiger partial charge in [0, 0.05) is 29.2 Å². The number of primary amides is 1. The number of rotatable bonds is 4. The van der Waals surface area contributed by atoms with Gasteiger partial charge in [-0.3, -0.25) is 14.5 Å². The zero-order valence-electron chi connectivity index (χ0n) is 14.0. The van der Waals surface area contributed by atoms with Gasteiger partial charge in [-0.25, -0.2) is 4.79 Å². The number of fused-ring (bicyclic) bond motifs is 1. The van der Waals surface area contributed by atoms with Gasteiger partial charge in [0.25, 0.3) is 5.91 Å². The van der Waals surface area contributed by atoms with Gasteiger partial charge in [-0.15, -0.1) is 0 Å². The van der Waals surface area contributed by atoms with Gasteiger partial charge in [0.1, 0.15) is 0 Å². The van der Waals surface area contributed by atoms with E-state index in [1.54, 1.807) is 36.4 Å². The van der Waals surface area contributed by atoms with E-state index in [4.69, 9.17) is 5.73 Å². The minimum atomic E-state index is -0.482. The number of anilines is 3. The summed E-state index contributed by atoms with van der Waals surface area (Å²) in [6.45, 7) is 3.93. The van der Waals surface area contributed by atoms with Crippen molar-refractivity contribution < 1.29 is 14.4 Å². The second-order valence-corrected chi connectivity index (χ2v) is 5.81. The van der Waals surface area contributed by atoms with E-state index >= 15 is 0 Å². The van der Waals surface area contributed by atoms with Gasteiger partial charge in [0.15, 0.2) is 0 Å². The Bertz CT molecular complexity index is 890. The lowest BCUT2D eigenvalue weighted by atomic mass is 10.1. The Morgan fingerprint density at radius 1 is 1.04 bits per heavy atom. The van der Waals surface area contributed by atoms with E-state index in [1.807, 2.05) is 6.07 Å². The van der Waals surface area contributed by atoms with Gasteiger partial charge in [-0.2, -0.15) is 0 Å². The fraction of sp³-hybridized carbons (Fsp3) is 0.105. The number of benzene rings is 2. The van der Waals surface area contributed by atoms with Crippen LogP contribution in [0.5, 0.6) is 0 Å². The second kappa shape index (κ2) is 7.10. The van der Waals surface area contributed by atoms with Gasteiger partial charge in [0.05, 0.1) is 0 Å². The maximum Gasteiger partial charge on any atom is 0.319 e. The van der Waals surface area contributed by atoms with E-state index in [1.165, 1.54) is 11.0 Å². The highest BCUT2D eigenvalue weighted by molar-refractivity contribution is 6.05. The normalized spacial score (nSPS) is 12.2. The number of hydrogen-bond acceptors (Lipinski definition) is 3. The predicted octanol–water partition coefficient (Wildman–Crippen LogP) is 2.50. The molecule has 1 heterocycles. The zero-order valence-corrected chi connectivity index (χ0v) is 14.0. The van der Waals surface area contributed by atoms with E-state index < -0.39 is 6.03 Å². The van der Waals surface area contributed by atoms with Crippen molar-refractivity contribution >= 4 is 34.9 Å². The van der Waals surface area contributed by atoms with Gasteiger partial charge in [-0.05, 0) is 60.5 Å². The Morgan fingerprint density at radius 3 is 2.38 bits per heavy atom. The molecule has 2 aromatic carbocycles. The quantitative estimate of drug-likeness (QED) is 0.738. The molecule has 0 spiro atoms. The van der Waals surface area contributed by atoms with Crippen LogP contribution in [0.3, 0.4) is 0 Å². The van der Waals surface area contributed by atoms with Crippen LogP contribution < -0.4 is 21.3 Å². The first-order chi connectivity index (χ1) is 12.5. The molecule has 0 radical (unpaired) electrons. The van der Waals surface area contributed by atoms with Crippen LogP contribution in [0.2, 0.25) is 0 Å². The molecule has 0 bridgehead atoms. The number of carbonyl (C=O) groups excluding carboxylic acids is 3. The molecule has 1 aliphatic rings. The SMILES string of the molecule is C=CC(=O)Nc1ccc(C(=O)Nc2ccc3c(c2)CCN3C(N)=O)cc1. The third kappa shape index (κ3) is 3.56. The monoisotopic (exact) mass is 350 g/mol. The number of nitrogens with zero attached hydrogens (tertiary/aromatic N) is 1. The molecule has 7 nitrogen and oxygen atoms in total. The lowest BCUT2D eigenvalue weighted by molar-refractivity contribution is -0.111. The molecule has 1 aliphatic heterocycles. The highest BCUT2D eigenvalue weighted by Crippen LogP contribution is 2.30. The standard InChI is InChI=1S/C19H18N4O3/c1-2-17(24)21-14-5-3-12(4-6-14)18(25)22-15-7-8-16-13(11-15)9-10-23(16)19(20)26/h2-8,11H,1,9-10H2,(H2,20,26)(H,21,24)(H,22,25). The minimum Gasteiger partial charge on any atom is -0.351 e. The molecule has 0 aromatic heterocycles. The molecule has 26 heavy (non-hydrogen) atoms. The first kappa shape index (κ1) is 17.2. The molecule has 0 unspecified atom stereocenters. The molecule has 7 heteroatoms. The van der Waals surface area contributed by atoms with E-state index in [9.17, 15) is 14.4 Å². The molecular formula is C19H18N4O3. The third-order valence-electron chi connectivity index (χ3n) is 4.10. The molecule has 2 aromatic rings. The fourth-order valence-electron chi connectivity index (χ4n) is 2.81. The molecular weight excluding hydrogens is 332 g/mol. The molecule has 132 valence electrons. The van der Waals surface area contributed by atoms with Crippen molar-refractivity contribution in [1.29, 1.82) is 0 Å². The van der Waals surface area contributed by atoms with Crippen LogP contribution in [0.15, 0.2) is 55.1 Å². The van der Waals surface area contributed by atoms with Gasteiger partial charge in [-0.1, -0.05) is 6.58 Å². The summed E-state index contributed by atoms with van der Waals surface area (Å²) in [6.07, 6.45) is 1.87. The van der Waals surface area contributed by atoms with Crippen LogP contribution in [0, 0.1) is 0 Å². The smallest absolute Gasteiger partial charge is 0.319 e. The van der Waals surface area contributed by atoms with Crippen LogP contribution in [0.25, 0.3) is 0 Å². The average Bonchev–Trinajstić information content (AvgIpc) is 3.05. The number of amides is 4. The lowest BCUT2D eigenvalue weighted by Gasteiger charge is -2.14. The maximum atomic E-state index is 12.4. The van der Waals surface area contributed by atoms with Gasteiger partial charge in [0.2, 0.25) is 5.91 Å². The Balaban J connectivity index is 1.69. The number of carbonyl (C=O) groups is 3. The number of nitrogens with two attached hydrogens (primary N) is 1. The molecule has 4 amide bonds. The Morgan fingerprint density at radius 2 is 1.73 bits per heavy atom. The molecule has 0 saturated carbocycles. The van der Waals surface area contributed by atoms with Gasteiger partial charge >= 0.3 is 6.03 Å². The summed E-state index contributed by atoms with van der Waals surface area (Å²) in [7, 11) is 0. The number of nitrogens with one attached hydrogen (secondary N) is 2. The van der Waals surface area contributed by atoms with Crippen LogP contribution in [0.4, 0.5) is 21.9 Å². The van der Waals surface area contributed by atoms with Crippen molar-refractivity contribution in [3.8, 4) is 0 Å². The predicted molar refractivity (Wildman–Crippen MR) is 100 cm³/mol. The van der Waals surface area contributed by atoms with Crippen LogP contribution in [-0.2, 0) is 11.2 Å². The summed E-state index contributed by atoms with van der Waals surface area (Å²) < 4.78 is 0. The molecule has 3 rings (SSSR count).